The van der Waals surface area contributed by atoms with Gasteiger partial charge in [0.2, 0.25) is 0 Å². The lowest BCUT2D eigenvalue weighted by molar-refractivity contribution is -0.143. The molecule has 0 unspecified atom stereocenters. The van der Waals surface area contributed by atoms with Crippen molar-refractivity contribution >= 4 is 11.6 Å². The Morgan fingerprint density at radius 3 is 2.71 bits per heavy atom. The summed E-state index contributed by atoms with van der Waals surface area (Å²) in [5.41, 5.74) is 0.625. The first-order valence-electron chi connectivity index (χ1n) is 8.48. The molecule has 1 fully saturated rings. The van der Waals surface area contributed by atoms with Gasteiger partial charge in [-0.25, -0.2) is 0 Å². The van der Waals surface area contributed by atoms with E-state index in [-0.39, 0.29) is 12.0 Å². The third kappa shape index (κ3) is 3.70. The van der Waals surface area contributed by atoms with E-state index < -0.39 is 5.60 Å². The van der Waals surface area contributed by atoms with Crippen LogP contribution in [-0.2, 0) is 9.63 Å². The average Bonchev–Trinajstić information content (AvgIpc) is 3.09. The predicted octanol–water partition coefficient (Wildman–Crippen LogP) is 2.00. The highest BCUT2D eigenvalue weighted by Crippen LogP contribution is 2.28. The number of nitrogens with one attached hydrogen (secondary N) is 1. The van der Waals surface area contributed by atoms with Crippen molar-refractivity contribution in [2.75, 3.05) is 13.7 Å². The van der Waals surface area contributed by atoms with Crippen molar-refractivity contribution in [3.8, 4) is 5.75 Å². The molecule has 3 rings (SSSR count). The Morgan fingerprint density at radius 2 is 2.04 bits per heavy atom. The summed E-state index contributed by atoms with van der Waals surface area (Å²) in [7, 11) is 1.63. The van der Waals surface area contributed by atoms with Gasteiger partial charge in [-0.15, -0.1) is 0 Å². The molecule has 1 aromatic carbocycles. The average molecular weight is 332 g/mol. The van der Waals surface area contributed by atoms with Crippen LogP contribution in [0.25, 0.3) is 0 Å². The largest absolute Gasteiger partial charge is 0.497 e. The first kappa shape index (κ1) is 16.8. The molecule has 6 heteroatoms. The lowest BCUT2D eigenvalue weighted by Crippen LogP contribution is -2.49. The minimum atomic E-state index is -1.21. The van der Waals surface area contributed by atoms with E-state index in [4.69, 9.17) is 9.57 Å². The van der Waals surface area contributed by atoms with Crippen molar-refractivity contribution < 1.29 is 19.5 Å². The van der Waals surface area contributed by atoms with Gasteiger partial charge >= 0.3 is 0 Å². The highest BCUT2D eigenvalue weighted by molar-refractivity contribution is 6.01. The second-order valence-corrected chi connectivity index (χ2v) is 6.50. The smallest absolute Gasteiger partial charge is 0.252 e. The zero-order valence-corrected chi connectivity index (χ0v) is 14.0. The summed E-state index contributed by atoms with van der Waals surface area (Å²) < 4.78 is 5.14. The van der Waals surface area contributed by atoms with Gasteiger partial charge < -0.3 is 20.0 Å². The second kappa shape index (κ2) is 7.21. The summed E-state index contributed by atoms with van der Waals surface area (Å²) >= 11 is 0. The molecule has 0 aromatic heterocycles. The Balaban J connectivity index is 1.49. The summed E-state index contributed by atoms with van der Waals surface area (Å²) in [6.45, 7) is 0.351. The zero-order valence-electron chi connectivity index (χ0n) is 14.0. The number of aliphatic hydroxyl groups is 1. The number of carbonyl (C=O) groups excluding carboxylic acids is 1. The monoisotopic (exact) mass is 332 g/mol. The lowest BCUT2D eigenvalue weighted by Gasteiger charge is -2.30. The Bertz CT molecular complexity index is 606. The van der Waals surface area contributed by atoms with E-state index in [2.05, 4.69) is 10.5 Å². The highest BCUT2D eigenvalue weighted by atomic mass is 16.6. The lowest BCUT2D eigenvalue weighted by atomic mass is 9.84. The maximum atomic E-state index is 12.2. The van der Waals surface area contributed by atoms with Crippen LogP contribution in [-0.4, -0.2) is 42.1 Å². The maximum Gasteiger partial charge on any atom is 0.252 e. The molecular weight excluding hydrogens is 308 g/mol. The number of oxime groups is 1. The van der Waals surface area contributed by atoms with E-state index in [9.17, 15) is 9.90 Å². The number of rotatable bonds is 5. The molecule has 6 nitrogen and oxygen atoms in total. The molecule has 1 aliphatic carbocycles. The Hall–Kier alpha value is -2.08. The van der Waals surface area contributed by atoms with Gasteiger partial charge in [0.25, 0.3) is 5.91 Å². The SMILES string of the molecule is COc1ccc(C2=NO[C@H](CNC(=O)C3(O)CCCCC3)C2)cc1. The van der Waals surface area contributed by atoms with Gasteiger partial charge in [0, 0.05) is 6.42 Å². The number of nitrogens with zero attached hydrogens (tertiary/aromatic N) is 1. The van der Waals surface area contributed by atoms with E-state index in [0.29, 0.717) is 25.8 Å². The molecule has 1 amide bonds. The van der Waals surface area contributed by atoms with Crippen LogP contribution < -0.4 is 10.1 Å². The van der Waals surface area contributed by atoms with Crippen molar-refractivity contribution in [1.29, 1.82) is 0 Å². The van der Waals surface area contributed by atoms with Gasteiger partial charge in [0.05, 0.1) is 19.4 Å². The maximum absolute atomic E-state index is 12.2. The molecule has 1 atom stereocenters. The third-order valence-corrected chi connectivity index (χ3v) is 4.75. The first-order chi connectivity index (χ1) is 11.6. The number of carbonyl (C=O) groups is 1. The van der Waals surface area contributed by atoms with Gasteiger partial charge in [0.1, 0.15) is 17.5 Å². The molecule has 0 bridgehead atoms. The number of amides is 1. The summed E-state index contributed by atoms with van der Waals surface area (Å²) in [6, 6.07) is 7.64. The molecule has 24 heavy (non-hydrogen) atoms. The number of benzene rings is 1. The van der Waals surface area contributed by atoms with Crippen molar-refractivity contribution in [3.05, 3.63) is 29.8 Å². The molecule has 1 saturated carbocycles. The molecule has 1 heterocycles. The quantitative estimate of drug-likeness (QED) is 0.864. The topological polar surface area (TPSA) is 80.2 Å². The van der Waals surface area contributed by atoms with E-state index in [1.54, 1.807) is 7.11 Å². The van der Waals surface area contributed by atoms with Gasteiger partial charge in [-0.2, -0.15) is 0 Å². The van der Waals surface area contributed by atoms with Gasteiger partial charge in [0.15, 0.2) is 0 Å². The molecule has 0 radical (unpaired) electrons. The molecule has 2 aliphatic rings. The van der Waals surface area contributed by atoms with Gasteiger partial charge in [-0.05, 0) is 42.7 Å². The third-order valence-electron chi connectivity index (χ3n) is 4.75. The van der Waals surface area contributed by atoms with Crippen LogP contribution in [0.15, 0.2) is 29.4 Å². The molecule has 1 aliphatic heterocycles. The molecule has 130 valence electrons. The molecule has 0 saturated heterocycles. The standard InChI is InChI=1S/C18H24N2O4/c1-23-14-7-5-13(6-8-14)16-11-15(24-20-16)12-19-17(21)18(22)9-3-2-4-10-18/h5-8,15,22H,2-4,9-12H2,1H3,(H,19,21)/t15-/m0/s1. The minimum Gasteiger partial charge on any atom is -0.497 e. The Labute approximate surface area is 141 Å². The van der Waals surface area contributed by atoms with E-state index in [1.165, 1.54) is 0 Å². The van der Waals surface area contributed by atoms with E-state index in [1.807, 2.05) is 24.3 Å². The van der Waals surface area contributed by atoms with Crippen molar-refractivity contribution in [3.63, 3.8) is 0 Å². The second-order valence-electron chi connectivity index (χ2n) is 6.50. The summed E-state index contributed by atoms with van der Waals surface area (Å²) in [5, 5.41) is 17.3. The Kier molecular flexibility index (Phi) is 5.04. The van der Waals surface area contributed by atoms with Crippen molar-refractivity contribution in [2.24, 2.45) is 5.16 Å². The van der Waals surface area contributed by atoms with E-state index in [0.717, 1.165) is 36.3 Å². The van der Waals surface area contributed by atoms with Crippen molar-refractivity contribution in [2.45, 2.75) is 50.2 Å². The van der Waals surface area contributed by atoms with Crippen LogP contribution >= 0.6 is 0 Å². The summed E-state index contributed by atoms with van der Waals surface area (Å²) in [6.07, 6.45) is 4.39. The molecule has 1 aromatic rings. The number of hydrogen-bond donors (Lipinski definition) is 2. The summed E-state index contributed by atoms with van der Waals surface area (Å²) in [4.78, 5) is 17.6. The fraction of sp³-hybridized carbons (Fsp3) is 0.556. The van der Waals surface area contributed by atoms with Crippen LogP contribution in [0.5, 0.6) is 5.75 Å². The van der Waals surface area contributed by atoms with Gasteiger partial charge in [-0.3, -0.25) is 4.79 Å². The predicted molar refractivity (Wildman–Crippen MR) is 90.1 cm³/mol. The van der Waals surface area contributed by atoms with Crippen molar-refractivity contribution in [1.82, 2.24) is 5.32 Å². The molecular formula is C18H24N2O4. The number of hydrogen-bond acceptors (Lipinski definition) is 5. The first-order valence-corrected chi connectivity index (χ1v) is 8.48. The minimum absolute atomic E-state index is 0.196. The van der Waals surface area contributed by atoms with Crippen LogP contribution in [0.3, 0.4) is 0 Å². The fourth-order valence-corrected chi connectivity index (χ4v) is 3.23. The molecule has 0 spiro atoms. The number of ether oxygens (including phenoxy) is 1. The normalized spacial score (nSPS) is 22.4. The van der Waals surface area contributed by atoms with Crippen LogP contribution in [0.2, 0.25) is 0 Å². The van der Waals surface area contributed by atoms with Crippen LogP contribution in [0.4, 0.5) is 0 Å². The van der Waals surface area contributed by atoms with Gasteiger partial charge in [-0.1, -0.05) is 24.4 Å². The zero-order chi connectivity index (χ0) is 17.0. The fourth-order valence-electron chi connectivity index (χ4n) is 3.23. The summed E-state index contributed by atoms with van der Waals surface area (Å²) in [5.74, 6) is 0.506. The van der Waals surface area contributed by atoms with E-state index >= 15 is 0 Å². The Morgan fingerprint density at radius 1 is 1.33 bits per heavy atom. The highest BCUT2D eigenvalue weighted by Gasteiger charge is 2.37. The van der Waals surface area contributed by atoms with Crippen LogP contribution in [0, 0.1) is 0 Å². The number of methoxy groups -OCH3 is 1. The van der Waals surface area contributed by atoms with Crippen LogP contribution in [0.1, 0.15) is 44.1 Å². The molecule has 2 N–H and O–H groups in total.